The average Bonchev–Trinajstić information content (AvgIpc) is 2.99. The van der Waals surface area contributed by atoms with E-state index in [1.54, 1.807) is 0 Å². The van der Waals surface area contributed by atoms with Gasteiger partial charge in [-0.15, -0.1) is 0 Å². The molecule has 3 aliphatic heterocycles. The molecule has 0 aromatic carbocycles. The van der Waals surface area contributed by atoms with Crippen LogP contribution in [-0.4, -0.2) is 188 Å². The SMILES string of the molecule is CC([O-])=N[C@H]1[C@@H](OC(C)C)O[C@H](COS(=O)(=O)[O-])[C@@H](O[C@@H]2O[C@H](C(=O)[O-])[C@@H](O[C@H]3O[C@H](CO)[C@@H](O)[C@H](O)[C@H]3NS(=O)(=O)[O-])[C@H](O)[C@H]2OS(=O)(=O)O)[C@@H]1O.[Na+].[Na+].[Na+].[Na+]. The molecule has 0 bridgehead atoms. The van der Waals surface area contributed by atoms with Gasteiger partial charge in [0.2, 0.25) is 10.4 Å². The number of carboxylic acids is 1. The van der Waals surface area contributed by atoms with Crippen LogP contribution in [0.1, 0.15) is 20.8 Å². The number of aliphatic hydroxyl groups excluding tert-OH is 5. The maximum Gasteiger partial charge on any atom is 1.00 e. The molecular formula is C23H36N2Na4O25S3. The first kappa shape index (κ1) is 61.2. The van der Waals surface area contributed by atoms with Crippen LogP contribution in [0.5, 0.6) is 0 Å². The maximum atomic E-state index is 12.3. The maximum absolute atomic E-state index is 12.3. The molecule has 0 aliphatic carbocycles. The zero-order valence-electron chi connectivity index (χ0n) is 31.3. The number of carboxylic acid groups (broad SMARTS) is 1. The molecule has 3 aliphatic rings. The van der Waals surface area contributed by atoms with Crippen molar-refractivity contribution >= 4 is 43.0 Å². The molecule has 0 radical (unpaired) electrons. The molecule has 34 heteroatoms. The summed E-state index contributed by atoms with van der Waals surface area (Å²) in [5.41, 5.74) is 0. The zero-order chi connectivity index (χ0) is 40.4. The first-order valence-corrected chi connectivity index (χ1v) is 19.0. The summed E-state index contributed by atoms with van der Waals surface area (Å²) in [4.78, 5) is 15.9. The second-order valence-electron chi connectivity index (χ2n) is 11.8. The van der Waals surface area contributed by atoms with Crippen molar-refractivity contribution in [2.24, 2.45) is 4.99 Å². The summed E-state index contributed by atoms with van der Waals surface area (Å²) in [6.07, 6.45) is -30.9. The molecule has 3 rings (SSSR count). The minimum absolute atomic E-state index is 0. The third kappa shape index (κ3) is 18.3. The molecule has 0 saturated carbocycles. The molecule has 15 atom stereocenters. The van der Waals surface area contributed by atoms with Crippen molar-refractivity contribution < 1.29 is 234 Å². The number of aliphatic imine (C=N–C) groups is 1. The van der Waals surface area contributed by atoms with Gasteiger partial charge >= 0.3 is 129 Å². The third-order valence-electron chi connectivity index (χ3n) is 7.48. The van der Waals surface area contributed by atoms with Gasteiger partial charge < -0.3 is 78.1 Å². The number of carbonyl (C=O) groups excluding carboxylic acids is 1. The summed E-state index contributed by atoms with van der Waals surface area (Å²) in [6, 6.07) is -4.08. The number of aliphatic carboxylic acids is 1. The van der Waals surface area contributed by atoms with Crippen LogP contribution in [0.3, 0.4) is 0 Å². The minimum atomic E-state index is -5.72. The number of hydrogen-bond donors (Lipinski definition) is 7. The van der Waals surface area contributed by atoms with E-state index < -0.39 is 154 Å². The van der Waals surface area contributed by atoms with Crippen molar-refractivity contribution in [3.05, 3.63) is 0 Å². The standard InChI is InChI=1S/C23H40N2O25S3.4Na/c1-6(2)44-21-10(24-7(3)27)14(30)16(9(46-21)5-43-52(37,38)39)47-23-18(50-53(40,41)42)15(31)17(19(49-23)20(32)33)48-22-11(25-51(34,35)36)13(29)12(28)8(4-26)45-22;;;;/h6,8-19,21-23,25-26,28-31H,4-5H2,1-3H3,(H,24,27)(H,32,33)(H,34,35,36)(H,37,38,39)(H,40,41,42);;;;/q;4*+1/p-4/t8-,9-,10-,11-,12-,13-,14-,15+,16-,17+,18-,19+,21+,22-,23-;;;;/m1..../s1. The normalized spacial score (nSPS) is 36.5. The zero-order valence-corrected chi connectivity index (χ0v) is 41.7. The molecule has 57 heavy (non-hydrogen) atoms. The molecule has 310 valence electrons. The Morgan fingerprint density at radius 1 is 0.789 bits per heavy atom. The second-order valence-corrected chi connectivity index (χ2v) is 15.0. The topological polar surface area (TPSA) is 431 Å². The fraction of sp³-hybridized carbons (Fsp3) is 0.913. The molecular weight excluding hydrogens is 892 g/mol. The molecule has 0 unspecified atom stereocenters. The Balaban J connectivity index is 0. The van der Waals surface area contributed by atoms with E-state index >= 15 is 0 Å². The van der Waals surface area contributed by atoms with Crippen molar-refractivity contribution in [3.63, 3.8) is 0 Å². The van der Waals surface area contributed by atoms with Crippen molar-refractivity contribution in [2.75, 3.05) is 13.2 Å². The van der Waals surface area contributed by atoms with Gasteiger partial charge in [-0.3, -0.25) is 13.7 Å². The van der Waals surface area contributed by atoms with Crippen molar-refractivity contribution in [1.29, 1.82) is 0 Å². The molecule has 0 aromatic heterocycles. The fourth-order valence-corrected chi connectivity index (χ4v) is 6.78. The van der Waals surface area contributed by atoms with Gasteiger partial charge in [-0.1, -0.05) is 0 Å². The average molecular weight is 929 g/mol. The first-order chi connectivity index (χ1) is 24.2. The molecule has 3 saturated heterocycles. The summed E-state index contributed by atoms with van der Waals surface area (Å²) in [5.74, 6) is -3.28. The van der Waals surface area contributed by atoms with Gasteiger partial charge in [-0.05, 0) is 26.7 Å². The molecule has 7 N–H and O–H groups in total. The van der Waals surface area contributed by atoms with E-state index in [9.17, 15) is 79.5 Å². The molecule has 0 aromatic rings. The number of ether oxygens (including phenoxy) is 6. The number of aliphatic hydroxyl groups is 5. The van der Waals surface area contributed by atoms with Crippen LogP contribution >= 0.6 is 0 Å². The van der Waals surface area contributed by atoms with E-state index in [-0.39, 0.29) is 118 Å². The van der Waals surface area contributed by atoms with Crippen molar-refractivity contribution in [1.82, 2.24) is 4.72 Å². The van der Waals surface area contributed by atoms with Crippen LogP contribution < -0.4 is 133 Å². The molecule has 0 spiro atoms. The number of carbonyl (C=O) groups is 1. The fourth-order valence-electron chi connectivity index (χ4n) is 5.41. The Kier molecular flexibility index (Phi) is 27.4. The quantitative estimate of drug-likeness (QED) is 0.0248. The van der Waals surface area contributed by atoms with E-state index in [2.05, 4.69) is 13.4 Å². The Morgan fingerprint density at radius 3 is 1.79 bits per heavy atom. The van der Waals surface area contributed by atoms with E-state index in [0.717, 1.165) is 6.92 Å². The molecule has 27 nitrogen and oxygen atoms in total. The van der Waals surface area contributed by atoms with Crippen LogP contribution in [0.2, 0.25) is 0 Å². The van der Waals surface area contributed by atoms with Gasteiger partial charge in [0.25, 0.3) is 0 Å². The molecule has 0 amide bonds. The molecule has 3 fully saturated rings. The Labute approximate surface area is 414 Å². The van der Waals surface area contributed by atoms with Gasteiger partial charge in [0.1, 0.15) is 67.0 Å². The summed E-state index contributed by atoms with van der Waals surface area (Å²) in [6.45, 7) is 1.45. The van der Waals surface area contributed by atoms with E-state index in [1.807, 2.05) is 0 Å². The van der Waals surface area contributed by atoms with Gasteiger partial charge in [-0.2, -0.15) is 8.42 Å². The minimum Gasteiger partial charge on any atom is -0.862 e. The van der Waals surface area contributed by atoms with E-state index in [1.165, 1.54) is 18.6 Å². The van der Waals surface area contributed by atoms with Crippen LogP contribution in [0.4, 0.5) is 0 Å². The van der Waals surface area contributed by atoms with E-state index in [0.29, 0.717) is 0 Å². The van der Waals surface area contributed by atoms with Crippen LogP contribution in [0.25, 0.3) is 0 Å². The Hall–Kier alpha value is 2.11. The summed E-state index contributed by atoms with van der Waals surface area (Å²) >= 11 is 0. The first-order valence-electron chi connectivity index (χ1n) is 14.9. The molecule has 3 heterocycles. The number of hydrogen-bond acceptors (Lipinski definition) is 25. The smallest absolute Gasteiger partial charge is 0.862 e. The Bertz CT molecular complexity index is 1630. The monoisotopic (exact) mass is 928 g/mol. The van der Waals surface area contributed by atoms with Crippen molar-refractivity contribution in [3.8, 4) is 0 Å². The van der Waals surface area contributed by atoms with Gasteiger partial charge in [0, 0.05) is 0 Å². The van der Waals surface area contributed by atoms with Gasteiger partial charge in [0.05, 0.1) is 25.3 Å². The number of rotatable bonds is 16. The Morgan fingerprint density at radius 2 is 1.33 bits per heavy atom. The van der Waals surface area contributed by atoms with Crippen molar-refractivity contribution in [2.45, 2.75) is 119 Å². The van der Waals surface area contributed by atoms with E-state index in [4.69, 9.17) is 28.4 Å². The van der Waals surface area contributed by atoms with Crippen LogP contribution in [0.15, 0.2) is 4.99 Å². The predicted octanol–water partition coefficient (Wildman–Crippen LogP) is -21.2. The predicted molar refractivity (Wildman–Crippen MR) is 154 cm³/mol. The van der Waals surface area contributed by atoms with Gasteiger partial charge in [0.15, 0.2) is 35.3 Å². The van der Waals surface area contributed by atoms with Gasteiger partial charge in [-0.25, -0.2) is 25.7 Å². The largest absolute Gasteiger partial charge is 1.00 e. The third-order valence-corrected chi connectivity index (χ3v) is 8.93. The van der Waals surface area contributed by atoms with Crippen LogP contribution in [-0.2, 0) is 72.7 Å². The summed E-state index contributed by atoms with van der Waals surface area (Å²) in [7, 11) is -16.8. The summed E-state index contributed by atoms with van der Waals surface area (Å²) < 4.78 is 144. The second kappa shape index (κ2) is 25.6. The summed E-state index contributed by atoms with van der Waals surface area (Å²) in [5, 5.41) is 76.9. The van der Waals surface area contributed by atoms with Crippen LogP contribution in [0, 0.1) is 0 Å². The number of nitrogens with zero attached hydrogens (tertiary/aromatic N) is 1. The number of nitrogens with one attached hydrogen (secondary N) is 1.